The lowest BCUT2D eigenvalue weighted by Gasteiger charge is -2.08. The summed E-state index contributed by atoms with van der Waals surface area (Å²) in [5.74, 6) is 0.658. The number of halogens is 1. The molecule has 2 rings (SSSR count). The van der Waals surface area contributed by atoms with Gasteiger partial charge >= 0.3 is 0 Å². The van der Waals surface area contributed by atoms with Gasteiger partial charge in [0.1, 0.15) is 6.33 Å². The summed E-state index contributed by atoms with van der Waals surface area (Å²) in [4.78, 5) is 11.8. The molecule has 2 aromatic rings. The van der Waals surface area contributed by atoms with E-state index >= 15 is 0 Å². The van der Waals surface area contributed by atoms with Crippen LogP contribution in [-0.4, -0.2) is 47.5 Å². The monoisotopic (exact) mass is 325 g/mol. The summed E-state index contributed by atoms with van der Waals surface area (Å²) < 4.78 is 6.73. The summed E-state index contributed by atoms with van der Waals surface area (Å²) in [6.07, 6.45) is 1.64. The van der Waals surface area contributed by atoms with Gasteiger partial charge in [-0.2, -0.15) is 0 Å². The average Bonchev–Trinajstić information content (AvgIpc) is 2.90. The number of rotatable bonds is 7. The van der Waals surface area contributed by atoms with Gasteiger partial charge in [-0.3, -0.25) is 4.79 Å². The van der Waals surface area contributed by atoms with Crippen LogP contribution in [-0.2, 0) is 16.6 Å². The van der Waals surface area contributed by atoms with Crippen LogP contribution in [0, 0.1) is 0 Å². The Morgan fingerprint density at radius 3 is 2.91 bits per heavy atom. The first kappa shape index (κ1) is 18.1. The lowest BCUT2D eigenvalue weighted by atomic mass is 10.2. The molecular weight excluding hydrogens is 306 g/mol. The fourth-order valence-corrected chi connectivity index (χ4v) is 1.86. The largest absolute Gasteiger partial charge is 0.383 e. The van der Waals surface area contributed by atoms with Crippen LogP contribution in [0.4, 0.5) is 5.69 Å². The van der Waals surface area contributed by atoms with Crippen molar-refractivity contribution in [1.29, 1.82) is 0 Å². The van der Waals surface area contributed by atoms with Crippen molar-refractivity contribution < 1.29 is 9.53 Å². The number of aromatic nitrogens is 3. The first-order valence-corrected chi connectivity index (χ1v) is 6.64. The Balaban J connectivity index is 0.00000242. The van der Waals surface area contributed by atoms with E-state index in [4.69, 9.17) is 4.74 Å². The first-order valence-electron chi connectivity index (χ1n) is 6.64. The van der Waals surface area contributed by atoms with Crippen molar-refractivity contribution in [3.63, 3.8) is 0 Å². The molecule has 1 aromatic carbocycles. The number of anilines is 1. The number of benzene rings is 1. The average molecular weight is 326 g/mol. The highest BCUT2D eigenvalue weighted by molar-refractivity contribution is 5.92. The number of hydrogen-bond donors (Lipinski definition) is 2. The van der Waals surface area contributed by atoms with Crippen LogP contribution >= 0.6 is 12.4 Å². The maximum Gasteiger partial charge on any atom is 0.238 e. The Hall–Kier alpha value is -1.96. The van der Waals surface area contributed by atoms with Gasteiger partial charge in [0.15, 0.2) is 5.82 Å². The topological polar surface area (TPSA) is 81.1 Å². The van der Waals surface area contributed by atoms with Crippen molar-refractivity contribution in [2.75, 3.05) is 32.1 Å². The van der Waals surface area contributed by atoms with E-state index in [-0.39, 0.29) is 24.9 Å². The van der Waals surface area contributed by atoms with E-state index in [1.54, 1.807) is 13.4 Å². The highest BCUT2D eigenvalue weighted by Crippen LogP contribution is 2.19. The number of nitrogens with one attached hydrogen (secondary N) is 2. The summed E-state index contributed by atoms with van der Waals surface area (Å²) in [5.41, 5.74) is 1.63. The van der Waals surface area contributed by atoms with E-state index in [2.05, 4.69) is 20.8 Å². The fraction of sp³-hybridized carbons (Fsp3) is 0.357. The Kier molecular flexibility index (Phi) is 7.51. The molecule has 22 heavy (non-hydrogen) atoms. The molecule has 0 atom stereocenters. The van der Waals surface area contributed by atoms with E-state index in [1.807, 2.05) is 35.9 Å². The second-order valence-electron chi connectivity index (χ2n) is 4.56. The molecule has 0 aliphatic heterocycles. The SMILES string of the molecule is COCCNCC(=O)Nc1cccc(-c2nncn2C)c1.Cl. The van der Waals surface area contributed by atoms with Crippen molar-refractivity contribution in [3.05, 3.63) is 30.6 Å². The molecule has 1 heterocycles. The predicted molar refractivity (Wildman–Crippen MR) is 87.1 cm³/mol. The summed E-state index contributed by atoms with van der Waals surface area (Å²) in [6, 6.07) is 7.51. The van der Waals surface area contributed by atoms with E-state index in [0.717, 1.165) is 17.1 Å². The number of ether oxygens (including phenoxy) is 1. The Labute approximate surface area is 135 Å². The van der Waals surface area contributed by atoms with Gasteiger partial charge in [-0.05, 0) is 12.1 Å². The van der Waals surface area contributed by atoms with Crippen LogP contribution in [0.5, 0.6) is 0 Å². The quantitative estimate of drug-likeness (QED) is 0.744. The lowest BCUT2D eigenvalue weighted by molar-refractivity contribution is -0.115. The Morgan fingerprint density at radius 2 is 2.23 bits per heavy atom. The van der Waals surface area contributed by atoms with Gasteiger partial charge in [-0.15, -0.1) is 22.6 Å². The number of carbonyl (C=O) groups excluding carboxylic acids is 1. The van der Waals surface area contributed by atoms with Crippen molar-refractivity contribution >= 4 is 24.0 Å². The van der Waals surface area contributed by atoms with E-state index in [1.165, 1.54) is 0 Å². The minimum Gasteiger partial charge on any atom is -0.383 e. The summed E-state index contributed by atoms with van der Waals surface area (Å²) in [7, 11) is 3.50. The molecule has 8 heteroatoms. The zero-order valence-corrected chi connectivity index (χ0v) is 13.4. The third-order valence-electron chi connectivity index (χ3n) is 2.88. The molecule has 0 aliphatic carbocycles. The smallest absolute Gasteiger partial charge is 0.238 e. The van der Waals surface area contributed by atoms with Crippen LogP contribution in [0.3, 0.4) is 0 Å². The molecule has 0 radical (unpaired) electrons. The molecule has 0 saturated heterocycles. The molecule has 1 amide bonds. The van der Waals surface area contributed by atoms with Gasteiger partial charge in [0, 0.05) is 32.0 Å². The second-order valence-corrected chi connectivity index (χ2v) is 4.56. The number of amides is 1. The highest BCUT2D eigenvalue weighted by Gasteiger charge is 2.07. The zero-order chi connectivity index (χ0) is 15.1. The molecule has 0 bridgehead atoms. The number of hydrogen-bond acceptors (Lipinski definition) is 5. The van der Waals surface area contributed by atoms with Crippen LogP contribution in [0.15, 0.2) is 30.6 Å². The van der Waals surface area contributed by atoms with Gasteiger partial charge < -0.3 is 19.9 Å². The third kappa shape index (κ3) is 5.10. The molecule has 0 aliphatic rings. The molecule has 120 valence electrons. The number of aryl methyl sites for hydroxylation is 1. The normalized spacial score (nSPS) is 10.1. The maximum absolute atomic E-state index is 11.8. The Morgan fingerprint density at radius 1 is 1.41 bits per heavy atom. The van der Waals surface area contributed by atoms with Gasteiger partial charge in [-0.1, -0.05) is 12.1 Å². The summed E-state index contributed by atoms with van der Waals surface area (Å²) >= 11 is 0. The minimum atomic E-state index is -0.0961. The number of carbonyl (C=O) groups is 1. The fourth-order valence-electron chi connectivity index (χ4n) is 1.86. The van der Waals surface area contributed by atoms with Crippen molar-refractivity contribution in [3.8, 4) is 11.4 Å². The standard InChI is InChI=1S/C14H19N5O2.ClH/c1-19-10-16-18-14(19)11-4-3-5-12(8-11)17-13(20)9-15-6-7-21-2;/h3-5,8,10,15H,6-7,9H2,1-2H3,(H,17,20);1H. The molecule has 0 unspecified atom stereocenters. The van der Waals surface area contributed by atoms with Crippen LogP contribution in [0.2, 0.25) is 0 Å². The predicted octanol–water partition coefficient (Wildman–Crippen LogP) is 1.08. The molecule has 1 aromatic heterocycles. The van der Waals surface area contributed by atoms with E-state index in [0.29, 0.717) is 13.2 Å². The molecule has 7 nitrogen and oxygen atoms in total. The maximum atomic E-state index is 11.8. The van der Waals surface area contributed by atoms with Gasteiger partial charge in [0.05, 0.1) is 13.2 Å². The first-order chi connectivity index (χ1) is 10.2. The van der Waals surface area contributed by atoms with Crippen molar-refractivity contribution in [1.82, 2.24) is 20.1 Å². The second kappa shape index (κ2) is 9.14. The van der Waals surface area contributed by atoms with Crippen LogP contribution in [0.1, 0.15) is 0 Å². The zero-order valence-electron chi connectivity index (χ0n) is 12.6. The molecular formula is C14H20ClN5O2. The molecule has 0 fully saturated rings. The van der Waals surface area contributed by atoms with Gasteiger partial charge in [-0.25, -0.2) is 0 Å². The molecule has 2 N–H and O–H groups in total. The third-order valence-corrected chi connectivity index (χ3v) is 2.88. The van der Waals surface area contributed by atoms with Crippen LogP contribution < -0.4 is 10.6 Å². The number of nitrogens with zero attached hydrogens (tertiary/aromatic N) is 3. The highest BCUT2D eigenvalue weighted by atomic mass is 35.5. The molecule has 0 saturated carbocycles. The summed E-state index contributed by atoms with van der Waals surface area (Å²) in [6.45, 7) is 1.47. The van der Waals surface area contributed by atoms with E-state index in [9.17, 15) is 4.79 Å². The Bertz CT molecular complexity index is 602. The van der Waals surface area contributed by atoms with Gasteiger partial charge in [0.25, 0.3) is 0 Å². The molecule has 0 spiro atoms. The van der Waals surface area contributed by atoms with Gasteiger partial charge in [0.2, 0.25) is 5.91 Å². The van der Waals surface area contributed by atoms with Crippen molar-refractivity contribution in [2.24, 2.45) is 7.05 Å². The number of methoxy groups -OCH3 is 1. The van der Waals surface area contributed by atoms with Crippen molar-refractivity contribution in [2.45, 2.75) is 0 Å². The lowest BCUT2D eigenvalue weighted by Crippen LogP contribution is -2.30. The summed E-state index contributed by atoms with van der Waals surface area (Å²) in [5, 5.41) is 13.7. The van der Waals surface area contributed by atoms with E-state index < -0.39 is 0 Å². The van der Waals surface area contributed by atoms with Crippen LogP contribution in [0.25, 0.3) is 11.4 Å². The minimum absolute atomic E-state index is 0.